The van der Waals surface area contributed by atoms with Crippen molar-refractivity contribution >= 4 is 23.8 Å². The maximum atomic E-state index is 4.02. The van der Waals surface area contributed by atoms with E-state index in [4.69, 9.17) is 0 Å². The van der Waals surface area contributed by atoms with E-state index in [1.807, 2.05) is 13.0 Å². The summed E-state index contributed by atoms with van der Waals surface area (Å²) in [7, 11) is 0. The number of hydrogen-bond acceptors (Lipinski definition) is 0. The summed E-state index contributed by atoms with van der Waals surface area (Å²) in [5, 5.41) is 2.54. The Labute approximate surface area is 96.6 Å². The lowest BCUT2D eigenvalue weighted by atomic mass is 9.99. The molecule has 0 aliphatic heterocycles. The Bertz CT molecular complexity index is 583. The Hall–Kier alpha value is -1.82. The van der Waals surface area contributed by atoms with Gasteiger partial charge in [0.2, 0.25) is 0 Å². The zero-order valence-electron chi connectivity index (χ0n) is 9.66. The zero-order chi connectivity index (χ0) is 11.5. The maximum absolute atomic E-state index is 4.02. The average Bonchev–Trinajstić information content (AvgIpc) is 2.51. The average molecular weight is 208 g/mol. The molecule has 0 fully saturated rings. The predicted molar refractivity (Wildman–Crippen MR) is 73.2 cm³/mol. The van der Waals surface area contributed by atoms with Crippen LogP contribution in [0.3, 0.4) is 0 Å². The molecular formula is C16H16. The minimum atomic E-state index is 0.993. The third-order valence-corrected chi connectivity index (χ3v) is 2.82. The fraction of sp³-hybridized carbons (Fsp3) is 0.125. The second-order valence-corrected chi connectivity index (χ2v) is 4.09. The van der Waals surface area contributed by atoms with E-state index in [9.17, 15) is 0 Å². The van der Waals surface area contributed by atoms with Gasteiger partial charge in [-0.05, 0) is 47.0 Å². The molecule has 0 bridgehead atoms. The first-order valence-corrected chi connectivity index (χ1v) is 5.52. The van der Waals surface area contributed by atoms with Crippen molar-refractivity contribution in [2.24, 2.45) is 0 Å². The number of fused-ring (bicyclic) bond motifs is 1. The Morgan fingerprint density at radius 1 is 1.31 bits per heavy atom. The third-order valence-electron chi connectivity index (χ3n) is 2.82. The van der Waals surface area contributed by atoms with Crippen LogP contribution >= 0.6 is 0 Å². The van der Waals surface area contributed by atoms with Crippen LogP contribution in [0.25, 0.3) is 23.8 Å². The fourth-order valence-corrected chi connectivity index (χ4v) is 1.96. The highest BCUT2D eigenvalue weighted by molar-refractivity contribution is 5.72. The summed E-state index contributed by atoms with van der Waals surface area (Å²) in [6.45, 7) is 9.91. The second kappa shape index (κ2) is 4.36. The quantitative estimate of drug-likeness (QED) is 0.701. The molecule has 0 amide bonds. The normalized spacial score (nSPS) is 13.1. The van der Waals surface area contributed by atoms with Gasteiger partial charge in [-0.15, -0.1) is 0 Å². The number of rotatable bonds is 2. The molecule has 16 heavy (non-hydrogen) atoms. The summed E-state index contributed by atoms with van der Waals surface area (Å²) in [5.74, 6) is 0. The zero-order valence-corrected chi connectivity index (χ0v) is 9.66. The molecule has 0 nitrogen and oxygen atoms in total. The molecule has 0 saturated heterocycles. The first-order chi connectivity index (χ1) is 7.72. The van der Waals surface area contributed by atoms with Crippen molar-refractivity contribution in [1.29, 1.82) is 0 Å². The van der Waals surface area contributed by atoms with E-state index in [1.165, 1.54) is 16.0 Å². The van der Waals surface area contributed by atoms with E-state index >= 15 is 0 Å². The van der Waals surface area contributed by atoms with Crippen LogP contribution in [0.2, 0.25) is 0 Å². The van der Waals surface area contributed by atoms with Crippen molar-refractivity contribution in [3.8, 4) is 0 Å². The molecule has 1 aromatic carbocycles. The molecule has 2 rings (SSSR count). The van der Waals surface area contributed by atoms with Gasteiger partial charge in [-0.2, -0.15) is 0 Å². The van der Waals surface area contributed by atoms with Crippen LogP contribution in [0.5, 0.6) is 0 Å². The van der Waals surface area contributed by atoms with E-state index in [0.29, 0.717) is 0 Å². The first-order valence-electron chi connectivity index (χ1n) is 5.52. The second-order valence-electron chi connectivity index (χ2n) is 4.09. The Morgan fingerprint density at radius 3 is 2.81 bits per heavy atom. The Balaban J connectivity index is 2.81. The number of benzene rings is 1. The molecule has 0 unspecified atom stereocenters. The van der Waals surface area contributed by atoms with E-state index < -0.39 is 0 Å². The van der Waals surface area contributed by atoms with Gasteiger partial charge in [0.05, 0.1) is 0 Å². The van der Waals surface area contributed by atoms with Gasteiger partial charge < -0.3 is 0 Å². The maximum Gasteiger partial charge on any atom is -0.0154 e. The lowest BCUT2D eigenvalue weighted by molar-refractivity contribution is 1.42. The van der Waals surface area contributed by atoms with Crippen molar-refractivity contribution in [1.82, 2.24) is 0 Å². The van der Waals surface area contributed by atoms with Gasteiger partial charge in [0.1, 0.15) is 0 Å². The van der Waals surface area contributed by atoms with E-state index in [0.717, 1.165) is 17.6 Å². The summed E-state index contributed by atoms with van der Waals surface area (Å²) in [6, 6.07) is 4.39. The van der Waals surface area contributed by atoms with Crippen LogP contribution in [-0.4, -0.2) is 0 Å². The fourth-order valence-electron chi connectivity index (χ4n) is 1.96. The van der Waals surface area contributed by atoms with Crippen molar-refractivity contribution in [2.45, 2.75) is 13.3 Å². The summed E-state index contributed by atoms with van der Waals surface area (Å²) in [6.07, 6.45) is 11.6. The summed E-state index contributed by atoms with van der Waals surface area (Å²) in [5.41, 5.74) is 3.44. The minimum Gasteiger partial charge on any atom is -0.0984 e. The molecule has 80 valence electrons. The molecule has 1 aromatic rings. The standard InChI is InChI=1S/C16H16/c1-4-13-10-14-8-6-5-7-9-15(14)11-16(13)12(2)3/h4-5,7-11H,1-2,6H2,3H3. The van der Waals surface area contributed by atoms with Crippen molar-refractivity contribution in [3.05, 3.63) is 59.0 Å². The SMILES string of the molecule is C=Cc1cc2c(cc1C(=C)C)=CC=CCC=2. The van der Waals surface area contributed by atoms with Crippen molar-refractivity contribution in [3.63, 3.8) is 0 Å². The molecule has 0 atom stereocenters. The molecule has 1 aliphatic rings. The van der Waals surface area contributed by atoms with Crippen LogP contribution in [0.4, 0.5) is 0 Å². The topological polar surface area (TPSA) is 0 Å². The van der Waals surface area contributed by atoms with Gasteiger partial charge in [0.25, 0.3) is 0 Å². The summed E-state index contributed by atoms with van der Waals surface area (Å²) in [4.78, 5) is 0. The van der Waals surface area contributed by atoms with Crippen LogP contribution in [0, 0.1) is 0 Å². The summed E-state index contributed by atoms with van der Waals surface area (Å²) < 4.78 is 0. The smallest absolute Gasteiger partial charge is 0.0154 e. The number of hydrogen-bond donors (Lipinski definition) is 0. The molecule has 0 heteroatoms. The molecule has 0 heterocycles. The van der Waals surface area contributed by atoms with Gasteiger partial charge >= 0.3 is 0 Å². The van der Waals surface area contributed by atoms with E-state index in [1.54, 1.807) is 0 Å². The van der Waals surface area contributed by atoms with Crippen LogP contribution in [0.1, 0.15) is 24.5 Å². The van der Waals surface area contributed by atoms with Gasteiger partial charge in [0.15, 0.2) is 0 Å². The third kappa shape index (κ3) is 1.92. The van der Waals surface area contributed by atoms with Crippen LogP contribution in [0.15, 0.2) is 37.4 Å². The van der Waals surface area contributed by atoms with Gasteiger partial charge in [-0.3, -0.25) is 0 Å². The van der Waals surface area contributed by atoms with Gasteiger partial charge in [0, 0.05) is 0 Å². The Morgan fingerprint density at radius 2 is 2.12 bits per heavy atom. The van der Waals surface area contributed by atoms with E-state index in [2.05, 4.69) is 49.6 Å². The number of allylic oxidation sites excluding steroid dienone is 3. The van der Waals surface area contributed by atoms with Crippen LogP contribution < -0.4 is 10.4 Å². The highest BCUT2D eigenvalue weighted by Crippen LogP contribution is 2.15. The van der Waals surface area contributed by atoms with Crippen molar-refractivity contribution in [2.75, 3.05) is 0 Å². The molecule has 1 aliphatic carbocycles. The Kier molecular flexibility index (Phi) is 2.91. The van der Waals surface area contributed by atoms with E-state index in [-0.39, 0.29) is 0 Å². The monoisotopic (exact) mass is 208 g/mol. The molecule has 0 saturated carbocycles. The highest BCUT2D eigenvalue weighted by atomic mass is 14.1. The molecular weight excluding hydrogens is 192 g/mol. The molecule has 0 aromatic heterocycles. The van der Waals surface area contributed by atoms with Gasteiger partial charge in [-0.1, -0.05) is 49.1 Å². The largest absolute Gasteiger partial charge is 0.0984 e. The van der Waals surface area contributed by atoms with Crippen LogP contribution in [-0.2, 0) is 0 Å². The highest BCUT2D eigenvalue weighted by Gasteiger charge is 2.01. The molecule has 0 radical (unpaired) electrons. The first kappa shape index (κ1) is 10.7. The summed E-state index contributed by atoms with van der Waals surface area (Å²) >= 11 is 0. The molecule has 0 spiro atoms. The lowest BCUT2D eigenvalue weighted by Gasteiger charge is -2.06. The van der Waals surface area contributed by atoms with Crippen molar-refractivity contribution < 1.29 is 0 Å². The van der Waals surface area contributed by atoms with Gasteiger partial charge in [-0.25, -0.2) is 0 Å². The predicted octanol–water partition coefficient (Wildman–Crippen LogP) is 2.88. The minimum absolute atomic E-state index is 0.993. The molecule has 0 N–H and O–H groups in total. The lowest BCUT2D eigenvalue weighted by Crippen LogP contribution is -2.25.